The van der Waals surface area contributed by atoms with Gasteiger partial charge in [-0.2, -0.15) is 9.97 Å². The second kappa shape index (κ2) is 10.3. The fourth-order valence-corrected chi connectivity index (χ4v) is 5.27. The van der Waals surface area contributed by atoms with Crippen LogP contribution in [-0.2, 0) is 4.79 Å². The molecule has 10 heteroatoms. The van der Waals surface area contributed by atoms with Crippen molar-refractivity contribution in [2.45, 2.75) is 19.9 Å². The first-order valence-electron chi connectivity index (χ1n) is 12.1. The summed E-state index contributed by atoms with van der Waals surface area (Å²) in [6.07, 6.45) is 2.02. The summed E-state index contributed by atoms with van der Waals surface area (Å²) in [4.78, 5) is 24.7. The van der Waals surface area contributed by atoms with Crippen LogP contribution < -0.4 is 15.4 Å². The number of amides is 1. The quantitative estimate of drug-likeness (QED) is 0.272. The summed E-state index contributed by atoms with van der Waals surface area (Å²) in [6.45, 7) is 4.92. The summed E-state index contributed by atoms with van der Waals surface area (Å²) in [7, 11) is 0. The van der Waals surface area contributed by atoms with Gasteiger partial charge in [0.05, 0.1) is 11.2 Å². The highest BCUT2D eigenvalue weighted by atomic mass is 35.5. The third-order valence-corrected chi connectivity index (χ3v) is 7.05. The Morgan fingerprint density at radius 3 is 2.66 bits per heavy atom. The monoisotopic (exact) mass is 532 g/mol. The van der Waals surface area contributed by atoms with Crippen LogP contribution in [0.15, 0.2) is 60.5 Å². The van der Waals surface area contributed by atoms with Gasteiger partial charge in [-0.05, 0) is 29.3 Å². The van der Waals surface area contributed by atoms with Crippen molar-refractivity contribution in [2.75, 3.05) is 24.5 Å². The lowest BCUT2D eigenvalue weighted by Crippen LogP contribution is -2.53. The largest absolute Gasteiger partial charge is 0.421 e. The van der Waals surface area contributed by atoms with Crippen LogP contribution in [0, 0.1) is 11.2 Å². The minimum atomic E-state index is -0.610. The summed E-state index contributed by atoms with van der Waals surface area (Å²) in [5.41, 5.74) is 6.45. The normalized spacial score (nSPS) is 16.2. The van der Waals surface area contributed by atoms with E-state index in [1.807, 2.05) is 54.3 Å². The molecule has 0 spiro atoms. The van der Waals surface area contributed by atoms with Gasteiger partial charge >= 0.3 is 6.01 Å². The van der Waals surface area contributed by atoms with E-state index in [4.69, 9.17) is 27.5 Å². The van der Waals surface area contributed by atoms with Gasteiger partial charge in [0.25, 0.3) is 0 Å². The van der Waals surface area contributed by atoms with Crippen LogP contribution in [0.4, 0.5) is 10.2 Å². The van der Waals surface area contributed by atoms with Gasteiger partial charge in [0.15, 0.2) is 11.6 Å². The second-order valence-corrected chi connectivity index (χ2v) is 9.53. The number of carbonyl (C=O) groups is 1. The molecule has 1 saturated heterocycles. The lowest BCUT2D eigenvalue weighted by molar-refractivity contribution is -0.131. The number of benzene rings is 3. The first-order valence-corrected chi connectivity index (χ1v) is 12.5. The number of hydrogen-bond acceptors (Lipinski definition) is 7. The van der Waals surface area contributed by atoms with Crippen molar-refractivity contribution >= 4 is 51.2 Å². The molecule has 2 heterocycles. The average molecular weight is 533 g/mol. The van der Waals surface area contributed by atoms with Gasteiger partial charge in [-0.3, -0.25) is 4.79 Å². The molecule has 1 fully saturated rings. The van der Waals surface area contributed by atoms with Crippen molar-refractivity contribution in [3.8, 4) is 17.1 Å². The molecule has 4 aromatic rings. The van der Waals surface area contributed by atoms with Gasteiger partial charge in [0.1, 0.15) is 11.3 Å². The fraction of sp³-hybridized carbons (Fsp3) is 0.214. The first-order chi connectivity index (χ1) is 18.3. The predicted molar refractivity (Wildman–Crippen MR) is 148 cm³/mol. The van der Waals surface area contributed by atoms with Gasteiger partial charge in [-0.1, -0.05) is 54.1 Å². The number of nitrogens with zero attached hydrogens (tertiary/aromatic N) is 4. The molecule has 1 amide bonds. The van der Waals surface area contributed by atoms with Crippen molar-refractivity contribution < 1.29 is 13.9 Å². The summed E-state index contributed by atoms with van der Waals surface area (Å²) < 4.78 is 22.1. The van der Waals surface area contributed by atoms with Crippen molar-refractivity contribution in [3.05, 3.63) is 71.3 Å². The van der Waals surface area contributed by atoms with E-state index in [2.05, 4.69) is 9.97 Å². The molecule has 3 aromatic carbocycles. The van der Waals surface area contributed by atoms with Crippen LogP contribution in [0.25, 0.3) is 32.8 Å². The summed E-state index contributed by atoms with van der Waals surface area (Å²) >= 11 is 6.76. The van der Waals surface area contributed by atoms with Crippen LogP contribution in [-0.4, -0.2) is 52.7 Å². The Kier molecular flexibility index (Phi) is 6.86. The number of aromatic nitrogens is 2. The van der Waals surface area contributed by atoms with Gasteiger partial charge < -0.3 is 25.7 Å². The highest BCUT2D eigenvalue weighted by Crippen LogP contribution is 2.41. The first kappa shape index (κ1) is 25.4. The van der Waals surface area contributed by atoms with Crippen molar-refractivity contribution in [2.24, 2.45) is 5.73 Å². The third-order valence-electron chi connectivity index (χ3n) is 6.75. The molecule has 8 nitrogen and oxygen atoms in total. The summed E-state index contributed by atoms with van der Waals surface area (Å²) in [6, 6.07) is 14.8. The van der Waals surface area contributed by atoms with Gasteiger partial charge in [0.2, 0.25) is 5.91 Å². The Hall–Kier alpha value is -4.24. The minimum absolute atomic E-state index is 0.00807. The van der Waals surface area contributed by atoms with E-state index >= 15 is 4.39 Å². The molecule has 1 atom stereocenters. The number of anilines is 1. The van der Waals surface area contributed by atoms with E-state index in [0.29, 0.717) is 36.4 Å². The van der Waals surface area contributed by atoms with Crippen LogP contribution in [0.5, 0.6) is 6.01 Å². The standard InChI is InChI=1S/C28H26ClFN6O2/c1-16-15-35(10-11-36(16)17(2)37)27-22-12-23(29)24(21-9-5-7-18-6-3-4-8-20(18)21)25(30)26(22)33-28(34-27)38-19(13-31)14-32/h3-9,12-14,16,31H,10-11,15,32H2,1-2H3/b19-14+,31-13?. The van der Waals surface area contributed by atoms with E-state index in [9.17, 15) is 4.79 Å². The summed E-state index contributed by atoms with van der Waals surface area (Å²) in [5, 5.41) is 9.96. The molecule has 5 rings (SSSR count). The lowest BCUT2D eigenvalue weighted by atomic mass is 9.96. The number of allylic oxidation sites excluding steroid dienone is 1. The van der Waals surface area contributed by atoms with Crippen molar-refractivity contribution in [1.29, 1.82) is 5.41 Å². The van der Waals surface area contributed by atoms with Crippen molar-refractivity contribution in [3.63, 3.8) is 0 Å². The molecule has 1 aliphatic rings. The Bertz CT molecular complexity index is 1600. The highest BCUT2D eigenvalue weighted by molar-refractivity contribution is 6.35. The van der Waals surface area contributed by atoms with E-state index in [1.54, 1.807) is 17.9 Å². The number of fused-ring (bicyclic) bond motifs is 2. The Balaban J connectivity index is 1.72. The fourth-order valence-electron chi connectivity index (χ4n) is 4.97. The molecule has 1 aliphatic heterocycles. The number of ether oxygens (including phenoxy) is 1. The van der Waals surface area contributed by atoms with E-state index < -0.39 is 5.82 Å². The van der Waals surface area contributed by atoms with E-state index in [0.717, 1.165) is 23.2 Å². The smallest absolute Gasteiger partial charge is 0.324 e. The van der Waals surface area contributed by atoms with E-state index in [1.165, 1.54) is 0 Å². The Labute approximate surface area is 224 Å². The summed E-state index contributed by atoms with van der Waals surface area (Å²) in [5.74, 6) is -0.187. The molecule has 38 heavy (non-hydrogen) atoms. The predicted octanol–water partition coefficient (Wildman–Crippen LogP) is 5.13. The molecule has 0 radical (unpaired) electrons. The van der Waals surface area contributed by atoms with Crippen LogP contribution in [0.1, 0.15) is 13.8 Å². The van der Waals surface area contributed by atoms with Gasteiger partial charge in [0, 0.05) is 49.7 Å². The van der Waals surface area contributed by atoms with Crippen LogP contribution in [0.3, 0.4) is 0 Å². The molecule has 1 aromatic heterocycles. The number of halogens is 2. The molecule has 3 N–H and O–H groups in total. The number of rotatable bonds is 5. The highest BCUT2D eigenvalue weighted by Gasteiger charge is 2.29. The Morgan fingerprint density at radius 2 is 1.95 bits per heavy atom. The number of nitrogens with two attached hydrogens (primary N) is 1. The second-order valence-electron chi connectivity index (χ2n) is 9.12. The SMILES string of the molecule is CC(=O)N1CCN(c2nc(O/C(C=N)=C/N)nc3c(F)c(-c4cccc5ccccc45)c(Cl)cc23)CC1C. The molecule has 0 aliphatic carbocycles. The topological polar surface area (TPSA) is 108 Å². The third kappa shape index (κ3) is 4.50. The average Bonchev–Trinajstić information content (AvgIpc) is 2.91. The van der Waals surface area contributed by atoms with Crippen LogP contribution in [0.2, 0.25) is 5.02 Å². The molecule has 194 valence electrons. The molecule has 0 saturated carbocycles. The zero-order chi connectivity index (χ0) is 27.0. The number of nitrogens with one attached hydrogen (secondary N) is 1. The molecule has 1 unspecified atom stereocenters. The lowest BCUT2D eigenvalue weighted by Gasteiger charge is -2.40. The molecular formula is C28H26ClFN6O2. The minimum Gasteiger partial charge on any atom is -0.421 e. The maximum absolute atomic E-state index is 16.4. The zero-order valence-electron chi connectivity index (χ0n) is 20.9. The van der Waals surface area contributed by atoms with Crippen molar-refractivity contribution in [1.82, 2.24) is 14.9 Å². The molecule has 0 bridgehead atoms. The van der Waals surface area contributed by atoms with Crippen LogP contribution >= 0.6 is 11.6 Å². The number of carbonyl (C=O) groups excluding carboxylic acids is 1. The maximum Gasteiger partial charge on any atom is 0.324 e. The zero-order valence-corrected chi connectivity index (χ0v) is 21.7. The van der Waals surface area contributed by atoms with Gasteiger partial charge in [-0.25, -0.2) is 4.39 Å². The Morgan fingerprint density at radius 1 is 1.18 bits per heavy atom. The van der Waals surface area contributed by atoms with Gasteiger partial charge in [-0.15, -0.1) is 0 Å². The number of piperazine rings is 1. The van der Waals surface area contributed by atoms with E-state index in [-0.39, 0.29) is 39.8 Å². The molecular weight excluding hydrogens is 507 g/mol. The number of hydrogen-bond donors (Lipinski definition) is 2. The maximum atomic E-state index is 16.4.